The van der Waals surface area contributed by atoms with Crippen LogP contribution in [0, 0.1) is 6.92 Å². The van der Waals surface area contributed by atoms with Gasteiger partial charge in [-0.2, -0.15) is 0 Å². The Kier molecular flexibility index (Phi) is 3.57. The van der Waals surface area contributed by atoms with Crippen LogP contribution in [0.1, 0.15) is 21.5 Å². The summed E-state index contributed by atoms with van der Waals surface area (Å²) < 4.78 is 0. The average molecular weight is 242 g/mol. The summed E-state index contributed by atoms with van der Waals surface area (Å²) in [5.74, 6) is -0.0729. The van der Waals surface area contributed by atoms with Gasteiger partial charge in [0.15, 0.2) is 0 Å². The number of pyridine rings is 1. The van der Waals surface area contributed by atoms with Crippen molar-refractivity contribution in [3.8, 4) is 5.75 Å². The fraction of sp³-hybridized carbons (Fsp3) is 0.143. The number of carbonyl (C=O) groups is 1. The van der Waals surface area contributed by atoms with Gasteiger partial charge in [-0.3, -0.25) is 9.78 Å². The van der Waals surface area contributed by atoms with E-state index in [0.29, 0.717) is 17.7 Å². The third kappa shape index (κ3) is 2.66. The van der Waals surface area contributed by atoms with E-state index in [2.05, 4.69) is 10.3 Å². The standard InChI is InChI=1S/C14H14N2O2/c1-10-12(5-2-6-13(10)17)14(18)16-9-11-4-3-7-15-8-11/h2-8,17H,9H2,1H3,(H,16,18). The first kappa shape index (κ1) is 12.1. The van der Waals surface area contributed by atoms with E-state index in [0.717, 1.165) is 5.56 Å². The highest BCUT2D eigenvalue weighted by molar-refractivity contribution is 5.96. The van der Waals surface area contributed by atoms with Crippen LogP contribution in [-0.4, -0.2) is 16.0 Å². The van der Waals surface area contributed by atoms with Crippen LogP contribution in [0.3, 0.4) is 0 Å². The normalized spacial score (nSPS) is 10.1. The molecule has 4 heteroatoms. The van der Waals surface area contributed by atoms with Gasteiger partial charge in [-0.05, 0) is 30.7 Å². The number of phenolic OH excluding ortho intramolecular Hbond substituents is 1. The molecule has 4 nitrogen and oxygen atoms in total. The Hall–Kier alpha value is -2.36. The summed E-state index contributed by atoms with van der Waals surface area (Å²) in [5.41, 5.74) is 2.00. The number of rotatable bonds is 3. The summed E-state index contributed by atoms with van der Waals surface area (Å²) in [6.45, 7) is 2.14. The summed E-state index contributed by atoms with van der Waals surface area (Å²) in [6.07, 6.45) is 3.39. The lowest BCUT2D eigenvalue weighted by Gasteiger charge is -2.08. The minimum absolute atomic E-state index is 0.129. The highest BCUT2D eigenvalue weighted by Gasteiger charge is 2.10. The summed E-state index contributed by atoms with van der Waals surface area (Å²) >= 11 is 0. The van der Waals surface area contributed by atoms with E-state index < -0.39 is 0 Å². The summed E-state index contributed by atoms with van der Waals surface area (Å²) in [7, 11) is 0. The first-order chi connectivity index (χ1) is 8.68. The van der Waals surface area contributed by atoms with Crippen LogP contribution in [0.15, 0.2) is 42.7 Å². The van der Waals surface area contributed by atoms with Crippen molar-refractivity contribution in [1.29, 1.82) is 0 Å². The molecule has 2 aromatic rings. The van der Waals surface area contributed by atoms with Crippen LogP contribution in [0.5, 0.6) is 5.75 Å². The molecular formula is C14H14N2O2. The van der Waals surface area contributed by atoms with Crippen LogP contribution in [0.2, 0.25) is 0 Å². The molecule has 0 fully saturated rings. The number of hydrogen-bond acceptors (Lipinski definition) is 3. The smallest absolute Gasteiger partial charge is 0.251 e. The molecule has 0 aliphatic heterocycles. The Morgan fingerprint density at radius 2 is 2.17 bits per heavy atom. The van der Waals surface area contributed by atoms with E-state index in [4.69, 9.17) is 0 Å². The molecule has 92 valence electrons. The molecule has 0 aliphatic carbocycles. The van der Waals surface area contributed by atoms with Crippen LogP contribution in [0.4, 0.5) is 0 Å². The van der Waals surface area contributed by atoms with Crippen molar-refractivity contribution >= 4 is 5.91 Å². The first-order valence-corrected chi connectivity index (χ1v) is 5.64. The zero-order valence-electron chi connectivity index (χ0n) is 10.1. The largest absolute Gasteiger partial charge is 0.508 e. The molecule has 0 unspecified atom stereocenters. The van der Waals surface area contributed by atoms with Crippen molar-refractivity contribution in [3.05, 3.63) is 59.4 Å². The van der Waals surface area contributed by atoms with Crippen molar-refractivity contribution in [2.75, 3.05) is 0 Å². The molecule has 0 spiro atoms. The number of benzene rings is 1. The molecule has 0 atom stereocenters. The number of phenols is 1. The van der Waals surface area contributed by atoms with Gasteiger partial charge in [0.1, 0.15) is 5.75 Å². The molecule has 0 radical (unpaired) electrons. The van der Waals surface area contributed by atoms with Gasteiger partial charge in [0.25, 0.3) is 5.91 Å². The summed E-state index contributed by atoms with van der Waals surface area (Å²) in [6, 6.07) is 8.62. The SMILES string of the molecule is Cc1c(O)cccc1C(=O)NCc1cccnc1. The molecular weight excluding hydrogens is 228 g/mol. The molecule has 18 heavy (non-hydrogen) atoms. The van der Waals surface area contributed by atoms with Crippen LogP contribution in [-0.2, 0) is 6.54 Å². The summed E-state index contributed by atoms with van der Waals surface area (Å²) in [4.78, 5) is 15.9. The van der Waals surface area contributed by atoms with Gasteiger partial charge < -0.3 is 10.4 Å². The highest BCUT2D eigenvalue weighted by Crippen LogP contribution is 2.19. The number of nitrogens with zero attached hydrogens (tertiary/aromatic N) is 1. The molecule has 0 saturated heterocycles. The second kappa shape index (κ2) is 5.31. The van der Waals surface area contributed by atoms with Gasteiger partial charge in [0.05, 0.1) is 0 Å². The first-order valence-electron chi connectivity index (χ1n) is 5.64. The molecule has 2 N–H and O–H groups in total. The average Bonchev–Trinajstić information content (AvgIpc) is 2.40. The van der Waals surface area contributed by atoms with Crippen molar-refractivity contribution < 1.29 is 9.90 Å². The zero-order valence-corrected chi connectivity index (χ0v) is 10.1. The monoisotopic (exact) mass is 242 g/mol. The van der Waals surface area contributed by atoms with Crippen molar-refractivity contribution in [2.24, 2.45) is 0 Å². The van der Waals surface area contributed by atoms with Gasteiger partial charge in [0, 0.05) is 30.1 Å². The highest BCUT2D eigenvalue weighted by atomic mass is 16.3. The molecule has 2 rings (SSSR count). The van der Waals surface area contributed by atoms with Gasteiger partial charge in [-0.1, -0.05) is 12.1 Å². The van der Waals surface area contributed by atoms with Gasteiger partial charge >= 0.3 is 0 Å². The number of aromatic hydroxyl groups is 1. The fourth-order valence-corrected chi connectivity index (χ4v) is 1.65. The Morgan fingerprint density at radius 1 is 1.33 bits per heavy atom. The lowest BCUT2D eigenvalue weighted by Crippen LogP contribution is -2.23. The lowest BCUT2D eigenvalue weighted by atomic mass is 10.1. The van der Waals surface area contributed by atoms with Crippen LogP contribution in [0.25, 0.3) is 0 Å². The molecule has 1 heterocycles. The maximum atomic E-state index is 11.9. The maximum Gasteiger partial charge on any atom is 0.251 e. The maximum absolute atomic E-state index is 11.9. The second-order valence-corrected chi connectivity index (χ2v) is 3.99. The van der Waals surface area contributed by atoms with Crippen molar-refractivity contribution in [2.45, 2.75) is 13.5 Å². The third-order valence-electron chi connectivity index (χ3n) is 2.73. The van der Waals surface area contributed by atoms with E-state index in [1.807, 2.05) is 12.1 Å². The van der Waals surface area contributed by atoms with E-state index in [9.17, 15) is 9.90 Å². The molecule has 1 aromatic heterocycles. The topological polar surface area (TPSA) is 62.2 Å². The van der Waals surface area contributed by atoms with E-state index in [1.54, 1.807) is 37.5 Å². The van der Waals surface area contributed by atoms with E-state index >= 15 is 0 Å². The van der Waals surface area contributed by atoms with Crippen molar-refractivity contribution in [1.82, 2.24) is 10.3 Å². The molecule has 1 amide bonds. The Balaban J connectivity index is 2.07. The Morgan fingerprint density at radius 3 is 2.89 bits per heavy atom. The molecule has 1 aromatic carbocycles. The van der Waals surface area contributed by atoms with Crippen LogP contribution >= 0.6 is 0 Å². The lowest BCUT2D eigenvalue weighted by molar-refractivity contribution is 0.0950. The van der Waals surface area contributed by atoms with Crippen LogP contribution < -0.4 is 5.32 Å². The Bertz CT molecular complexity index is 553. The zero-order chi connectivity index (χ0) is 13.0. The minimum Gasteiger partial charge on any atom is -0.508 e. The number of amides is 1. The number of aromatic nitrogens is 1. The molecule has 0 saturated carbocycles. The summed E-state index contributed by atoms with van der Waals surface area (Å²) in [5, 5.41) is 12.3. The predicted octanol–water partition coefficient (Wildman–Crippen LogP) is 2.03. The number of hydrogen-bond donors (Lipinski definition) is 2. The third-order valence-corrected chi connectivity index (χ3v) is 2.73. The predicted molar refractivity (Wildman–Crippen MR) is 68.3 cm³/mol. The second-order valence-electron chi connectivity index (χ2n) is 3.99. The minimum atomic E-state index is -0.202. The quantitative estimate of drug-likeness (QED) is 0.865. The van der Waals surface area contributed by atoms with Gasteiger partial charge in [0.2, 0.25) is 0 Å². The van der Waals surface area contributed by atoms with Crippen molar-refractivity contribution in [3.63, 3.8) is 0 Å². The van der Waals surface area contributed by atoms with Gasteiger partial charge in [-0.15, -0.1) is 0 Å². The molecule has 0 aliphatic rings. The number of nitrogens with one attached hydrogen (secondary N) is 1. The fourth-order valence-electron chi connectivity index (χ4n) is 1.65. The van der Waals surface area contributed by atoms with E-state index in [1.165, 1.54) is 0 Å². The Labute approximate surface area is 105 Å². The van der Waals surface area contributed by atoms with E-state index in [-0.39, 0.29) is 11.7 Å². The van der Waals surface area contributed by atoms with Gasteiger partial charge in [-0.25, -0.2) is 0 Å². The molecule has 0 bridgehead atoms. The number of carbonyl (C=O) groups excluding carboxylic acids is 1.